The predicted molar refractivity (Wildman–Crippen MR) is 70.0 cm³/mol. The summed E-state index contributed by atoms with van der Waals surface area (Å²) in [5.41, 5.74) is 0.377. The van der Waals surface area contributed by atoms with E-state index in [-0.39, 0.29) is 6.61 Å². The van der Waals surface area contributed by atoms with E-state index in [1.807, 2.05) is 6.07 Å². The third-order valence-corrected chi connectivity index (χ3v) is 3.68. The minimum atomic E-state index is -0.0481. The van der Waals surface area contributed by atoms with E-state index in [9.17, 15) is 0 Å². The Morgan fingerprint density at radius 2 is 2.06 bits per heavy atom. The highest BCUT2D eigenvalue weighted by Crippen LogP contribution is 2.39. The molecule has 0 radical (unpaired) electrons. The van der Waals surface area contributed by atoms with Gasteiger partial charge in [0.25, 0.3) is 0 Å². The number of hydrogen-bond acceptors (Lipinski definition) is 3. The van der Waals surface area contributed by atoms with Crippen LogP contribution < -0.4 is 0 Å². The van der Waals surface area contributed by atoms with Crippen LogP contribution in [-0.2, 0) is 18.0 Å². The van der Waals surface area contributed by atoms with Gasteiger partial charge in [0.2, 0.25) is 0 Å². The maximum Gasteiger partial charge on any atom is 0.130 e. The molecule has 0 saturated heterocycles. The van der Waals surface area contributed by atoms with Crippen molar-refractivity contribution < 1.29 is 14.3 Å². The topological polar surface area (TPSA) is 42.6 Å². The van der Waals surface area contributed by atoms with Crippen LogP contribution in [0.4, 0.5) is 0 Å². The van der Waals surface area contributed by atoms with Crippen molar-refractivity contribution in [3.63, 3.8) is 0 Å². The first kappa shape index (κ1) is 13.6. The molecular formula is C15H24O3. The summed E-state index contributed by atoms with van der Waals surface area (Å²) in [5, 5.41) is 8.94. The predicted octanol–water partition coefficient (Wildman–Crippen LogP) is 3.50. The van der Waals surface area contributed by atoms with E-state index in [0.29, 0.717) is 23.9 Å². The molecule has 0 bridgehead atoms. The number of aliphatic hydroxyl groups is 1. The highest BCUT2D eigenvalue weighted by molar-refractivity contribution is 5.05. The lowest BCUT2D eigenvalue weighted by atomic mass is 9.71. The average molecular weight is 252 g/mol. The van der Waals surface area contributed by atoms with Crippen LogP contribution in [0.5, 0.6) is 0 Å². The van der Waals surface area contributed by atoms with Gasteiger partial charge in [-0.1, -0.05) is 20.8 Å². The van der Waals surface area contributed by atoms with E-state index in [4.69, 9.17) is 14.3 Å². The fourth-order valence-electron chi connectivity index (χ4n) is 3.17. The fourth-order valence-corrected chi connectivity index (χ4v) is 3.17. The SMILES string of the molecule is CC1CC(OCc2ccc(CO)o2)CC(C)(C)C1. The molecule has 1 aromatic rings. The Labute approximate surface area is 109 Å². The minimum Gasteiger partial charge on any atom is -0.461 e. The van der Waals surface area contributed by atoms with E-state index in [1.165, 1.54) is 6.42 Å². The van der Waals surface area contributed by atoms with Gasteiger partial charge in [0.15, 0.2) is 0 Å². The van der Waals surface area contributed by atoms with E-state index < -0.39 is 0 Å². The Morgan fingerprint density at radius 1 is 1.33 bits per heavy atom. The third kappa shape index (κ3) is 3.59. The molecule has 2 atom stereocenters. The Hall–Kier alpha value is -0.800. The Kier molecular flexibility index (Phi) is 4.13. The molecule has 102 valence electrons. The first-order chi connectivity index (χ1) is 8.48. The summed E-state index contributed by atoms with van der Waals surface area (Å²) in [6, 6.07) is 3.68. The fraction of sp³-hybridized carbons (Fsp3) is 0.733. The molecule has 2 rings (SSSR count). The number of ether oxygens (including phenoxy) is 1. The molecular weight excluding hydrogens is 228 g/mol. The number of aliphatic hydroxyl groups excluding tert-OH is 1. The van der Waals surface area contributed by atoms with Crippen molar-refractivity contribution in [1.29, 1.82) is 0 Å². The summed E-state index contributed by atoms with van der Waals surface area (Å²) in [5.74, 6) is 2.13. The summed E-state index contributed by atoms with van der Waals surface area (Å²) < 4.78 is 11.4. The number of furan rings is 1. The van der Waals surface area contributed by atoms with Gasteiger partial charge in [0.1, 0.15) is 24.7 Å². The van der Waals surface area contributed by atoms with Gasteiger partial charge in [-0.15, -0.1) is 0 Å². The molecule has 0 spiro atoms. The molecule has 2 unspecified atom stereocenters. The van der Waals surface area contributed by atoms with Gasteiger partial charge >= 0.3 is 0 Å². The zero-order chi connectivity index (χ0) is 13.2. The maximum atomic E-state index is 8.94. The van der Waals surface area contributed by atoms with Crippen LogP contribution in [0.1, 0.15) is 51.6 Å². The molecule has 1 aromatic heterocycles. The normalized spacial score (nSPS) is 27.3. The molecule has 1 saturated carbocycles. The molecule has 18 heavy (non-hydrogen) atoms. The molecule has 1 fully saturated rings. The summed E-state index contributed by atoms with van der Waals surface area (Å²) in [4.78, 5) is 0. The molecule has 1 N–H and O–H groups in total. The molecule has 1 heterocycles. The lowest BCUT2D eigenvalue weighted by Crippen LogP contribution is -2.32. The Bertz CT molecular complexity index is 381. The Morgan fingerprint density at radius 3 is 2.67 bits per heavy atom. The Balaban J connectivity index is 1.86. The highest BCUT2D eigenvalue weighted by atomic mass is 16.5. The van der Waals surface area contributed by atoms with Crippen molar-refractivity contribution in [2.24, 2.45) is 11.3 Å². The molecule has 1 aliphatic carbocycles. The lowest BCUT2D eigenvalue weighted by molar-refractivity contribution is -0.0372. The van der Waals surface area contributed by atoms with Crippen LogP contribution in [0.3, 0.4) is 0 Å². The van der Waals surface area contributed by atoms with Crippen LogP contribution in [0.15, 0.2) is 16.5 Å². The summed E-state index contributed by atoms with van der Waals surface area (Å²) >= 11 is 0. The number of rotatable bonds is 4. The van der Waals surface area contributed by atoms with Crippen molar-refractivity contribution in [2.75, 3.05) is 0 Å². The van der Waals surface area contributed by atoms with Gasteiger partial charge in [0.05, 0.1) is 6.10 Å². The van der Waals surface area contributed by atoms with Gasteiger partial charge in [-0.3, -0.25) is 0 Å². The second-order valence-corrected chi connectivity index (χ2v) is 6.37. The van der Waals surface area contributed by atoms with Crippen LogP contribution in [0.2, 0.25) is 0 Å². The van der Waals surface area contributed by atoms with Crippen LogP contribution >= 0.6 is 0 Å². The summed E-state index contributed by atoms with van der Waals surface area (Å²) in [7, 11) is 0. The molecule has 3 nitrogen and oxygen atoms in total. The average Bonchev–Trinajstić information content (AvgIpc) is 2.71. The van der Waals surface area contributed by atoms with Crippen LogP contribution in [-0.4, -0.2) is 11.2 Å². The van der Waals surface area contributed by atoms with Gasteiger partial charge in [-0.05, 0) is 42.7 Å². The zero-order valence-electron chi connectivity index (χ0n) is 11.6. The van der Waals surface area contributed by atoms with Crippen LogP contribution in [0.25, 0.3) is 0 Å². The van der Waals surface area contributed by atoms with Crippen molar-refractivity contribution in [3.8, 4) is 0 Å². The second-order valence-electron chi connectivity index (χ2n) is 6.37. The monoisotopic (exact) mass is 252 g/mol. The molecule has 3 heteroatoms. The van der Waals surface area contributed by atoms with Crippen molar-refractivity contribution in [2.45, 2.75) is 59.4 Å². The van der Waals surface area contributed by atoms with E-state index in [2.05, 4.69) is 20.8 Å². The first-order valence-electron chi connectivity index (χ1n) is 6.78. The third-order valence-electron chi connectivity index (χ3n) is 3.68. The molecule has 0 aliphatic heterocycles. The summed E-state index contributed by atoms with van der Waals surface area (Å²) in [6.07, 6.45) is 3.86. The van der Waals surface area contributed by atoms with Crippen molar-refractivity contribution in [1.82, 2.24) is 0 Å². The summed E-state index contributed by atoms with van der Waals surface area (Å²) in [6.45, 7) is 7.39. The molecule has 0 aromatic carbocycles. The van der Waals surface area contributed by atoms with E-state index >= 15 is 0 Å². The van der Waals surface area contributed by atoms with E-state index in [0.717, 1.165) is 24.5 Å². The first-order valence-corrected chi connectivity index (χ1v) is 6.78. The standard InChI is InChI=1S/C15H24O3/c1-11-6-14(8-15(2,3)7-11)17-10-13-5-4-12(9-16)18-13/h4-5,11,14,16H,6-10H2,1-3H3. The number of hydrogen-bond donors (Lipinski definition) is 1. The zero-order valence-corrected chi connectivity index (χ0v) is 11.6. The lowest BCUT2D eigenvalue weighted by Gasteiger charge is -2.38. The minimum absolute atomic E-state index is 0.0481. The largest absolute Gasteiger partial charge is 0.461 e. The van der Waals surface area contributed by atoms with Crippen molar-refractivity contribution in [3.05, 3.63) is 23.7 Å². The van der Waals surface area contributed by atoms with Gasteiger partial charge in [-0.2, -0.15) is 0 Å². The van der Waals surface area contributed by atoms with Gasteiger partial charge in [-0.25, -0.2) is 0 Å². The molecule has 0 amide bonds. The van der Waals surface area contributed by atoms with Crippen LogP contribution in [0, 0.1) is 11.3 Å². The second kappa shape index (κ2) is 5.45. The molecule has 1 aliphatic rings. The maximum absolute atomic E-state index is 8.94. The van der Waals surface area contributed by atoms with E-state index in [1.54, 1.807) is 6.07 Å². The smallest absolute Gasteiger partial charge is 0.130 e. The quantitative estimate of drug-likeness (QED) is 0.891. The highest BCUT2D eigenvalue weighted by Gasteiger charge is 2.32. The van der Waals surface area contributed by atoms with Gasteiger partial charge in [0, 0.05) is 0 Å². The van der Waals surface area contributed by atoms with Crippen molar-refractivity contribution >= 4 is 0 Å². The van der Waals surface area contributed by atoms with Gasteiger partial charge < -0.3 is 14.3 Å².